The fourth-order valence-corrected chi connectivity index (χ4v) is 3.94. The molecule has 0 aromatic heterocycles. The molecule has 0 saturated carbocycles. The average molecular weight is 399 g/mol. The molecule has 2 atom stereocenters. The Morgan fingerprint density at radius 1 is 1.21 bits per heavy atom. The van der Waals surface area contributed by atoms with Gasteiger partial charge in [0.2, 0.25) is 0 Å². The van der Waals surface area contributed by atoms with Crippen molar-refractivity contribution in [3.63, 3.8) is 0 Å². The highest BCUT2D eigenvalue weighted by Crippen LogP contribution is 2.35. The Morgan fingerprint density at radius 3 is 2.59 bits per heavy atom. The summed E-state index contributed by atoms with van der Waals surface area (Å²) >= 11 is 0. The number of rotatable bonds is 5. The molecule has 1 saturated heterocycles. The summed E-state index contributed by atoms with van der Waals surface area (Å²) in [7, 11) is 0. The molecule has 2 N–H and O–H groups in total. The van der Waals surface area contributed by atoms with Crippen LogP contribution in [0.4, 0.5) is 4.39 Å². The molecule has 0 bridgehead atoms. The lowest BCUT2D eigenvalue weighted by Crippen LogP contribution is -2.58. The second-order valence-electron chi connectivity index (χ2n) is 8.08. The molecule has 3 rings (SSSR count). The molecule has 5 nitrogen and oxygen atoms in total. The number of piperidine rings is 1. The van der Waals surface area contributed by atoms with Crippen LogP contribution in [-0.2, 0) is 11.2 Å². The number of nitrogens with zero attached hydrogens (tertiary/aromatic N) is 1. The molecule has 1 heterocycles. The summed E-state index contributed by atoms with van der Waals surface area (Å²) in [5.41, 5.74) is 0.412. The van der Waals surface area contributed by atoms with Crippen LogP contribution in [-0.4, -0.2) is 46.2 Å². The van der Waals surface area contributed by atoms with Gasteiger partial charge in [-0.1, -0.05) is 38.1 Å². The first-order chi connectivity index (χ1) is 13.7. The number of amides is 1. The number of halogens is 1. The van der Waals surface area contributed by atoms with Gasteiger partial charge in [0.25, 0.3) is 5.91 Å². The normalized spacial score (nSPS) is 22.0. The number of likely N-dealkylation sites (tertiary alicyclic amines) is 1. The number of carboxylic acids is 1. The Balaban J connectivity index is 1.90. The minimum atomic E-state index is -1.59. The zero-order chi connectivity index (χ0) is 21.2. The van der Waals surface area contributed by atoms with Crippen molar-refractivity contribution in [2.24, 2.45) is 5.41 Å². The number of aliphatic hydroxyl groups is 1. The molecule has 154 valence electrons. The molecular weight excluding hydrogens is 373 g/mol. The van der Waals surface area contributed by atoms with Gasteiger partial charge in [0.15, 0.2) is 0 Å². The van der Waals surface area contributed by atoms with Gasteiger partial charge >= 0.3 is 5.97 Å². The lowest BCUT2D eigenvalue weighted by molar-refractivity contribution is -0.161. The van der Waals surface area contributed by atoms with Crippen molar-refractivity contribution in [1.82, 2.24) is 4.90 Å². The molecule has 0 spiro atoms. The Bertz CT molecular complexity index is 913. The summed E-state index contributed by atoms with van der Waals surface area (Å²) in [5, 5.41) is 20.6. The smallest absolute Gasteiger partial charge is 0.314 e. The highest BCUT2D eigenvalue weighted by Gasteiger charge is 2.50. The summed E-state index contributed by atoms with van der Waals surface area (Å²) < 4.78 is 13.6. The fraction of sp³-hybridized carbons (Fsp3) is 0.391. The standard InChI is InChI=1S/C23H26FNO4/c1-15(2)17-6-4-7-18(12-17)21(27)25-10-9-20(26)23(14-25,22(28)29)13-16-5-3-8-19(24)11-16/h3-8,11-12,15,20,26H,9-10,13-14H2,1-2H3,(H,28,29)/t20-,23-/m1/s1. The molecule has 2 aromatic rings. The third-order valence-electron chi connectivity index (χ3n) is 5.71. The molecule has 1 fully saturated rings. The maximum atomic E-state index is 13.6. The van der Waals surface area contributed by atoms with Gasteiger partial charge in [0.1, 0.15) is 11.2 Å². The maximum absolute atomic E-state index is 13.6. The summed E-state index contributed by atoms with van der Waals surface area (Å²) in [4.78, 5) is 26.8. The topological polar surface area (TPSA) is 77.8 Å². The van der Waals surface area contributed by atoms with Crippen LogP contribution >= 0.6 is 0 Å². The second-order valence-corrected chi connectivity index (χ2v) is 8.08. The van der Waals surface area contributed by atoms with Crippen LogP contribution in [0.25, 0.3) is 0 Å². The number of carbonyl (C=O) groups is 2. The molecule has 1 aliphatic heterocycles. The zero-order valence-corrected chi connectivity index (χ0v) is 16.6. The Labute approximate surface area is 169 Å². The number of aliphatic hydroxyl groups excluding tert-OH is 1. The van der Waals surface area contributed by atoms with E-state index in [0.29, 0.717) is 11.1 Å². The Hall–Kier alpha value is -2.73. The van der Waals surface area contributed by atoms with Crippen molar-refractivity contribution in [3.8, 4) is 0 Å². The molecular formula is C23H26FNO4. The first-order valence-electron chi connectivity index (χ1n) is 9.78. The highest BCUT2D eigenvalue weighted by atomic mass is 19.1. The first-order valence-corrected chi connectivity index (χ1v) is 9.78. The highest BCUT2D eigenvalue weighted by molar-refractivity contribution is 5.95. The zero-order valence-electron chi connectivity index (χ0n) is 16.6. The molecule has 29 heavy (non-hydrogen) atoms. The first kappa shape index (κ1) is 21.0. The maximum Gasteiger partial charge on any atom is 0.314 e. The number of benzene rings is 2. The van der Waals surface area contributed by atoms with E-state index in [9.17, 15) is 24.2 Å². The van der Waals surface area contributed by atoms with E-state index in [1.54, 1.807) is 12.1 Å². The Morgan fingerprint density at radius 2 is 1.93 bits per heavy atom. The van der Waals surface area contributed by atoms with Crippen LogP contribution in [0.5, 0.6) is 0 Å². The SMILES string of the molecule is CC(C)c1cccc(C(=O)N2CC[C@@H](O)[C@](Cc3cccc(F)c3)(C(=O)O)C2)c1. The molecule has 1 aliphatic rings. The quantitative estimate of drug-likeness (QED) is 0.807. The van der Waals surface area contributed by atoms with E-state index < -0.39 is 23.3 Å². The second kappa shape index (κ2) is 8.33. The van der Waals surface area contributed by atoms with Gasteiger partial charge in [0, 0.05) is 18.7 Å². The predicted octanol–water partition coefficient (Wildman–Crippen LogP) is 3.47. The van der Waals surface area contributed by atoms with Crippen LogP contribution in [0.3, 0.4) is 0 Å². The summed E-state index contributed by atoms with van der Waals surface area (Å²) in [5.74, 6) is -1.66. The molecule has 0 radical (unpaired) electrons. The summed E-state index contributed by atoms with van der Waals surface area (Å²) in [6.07, 6.45) is -1.04. The molecule has 2 aromatic carbocycles. The minimum Gasteiger partial charge on any atom is -0.481 e. The monoisotopic (exact) mass is 399 g/mol. The van der Waals surface area contributed by atoms with Gasteiger partial charge in [-0.15, -0.1) is 0 Å². The van der Waals surface area contributed by atoms with Crippen LogP contribution in [0.2, 0.25) is 0 Å². The number of carbonyl (C=O) groups excluding carboxylic acids is 1. The van der Waals surface area contributed by atoms with Crippen LogP contribution in [0, 0.1) is 11.2 Å². The lowest BCUT2D eigenvalue weighted by atomic mass is 9.72. The van der Waals surface area contributed by atoms with E-state index in [2.05, 4.69) is 0 Å². The van der Waals surface area contributed by atoms with Crippen LogP contribution in [0.1, 0.15) is 47.7 Å². The van der Waals surface area contributed by atoms with E-state index in [-0.39, 0.29) is 37.8 Å². The number of hydrogen-bond acceptors (Lipinski definition) is 3. The largest absolute Gasteiger partial charge is 0.481 e. The van der Waals surface area contributed by atoms with E-state index in [4.69, 9.17) is 0 Å². The van der Waals surface area contributed by atoms with Crippen LogP contribution in [0.15, 0.2) is 48.5 Å². The third-order valence-corrected chi connectivity index (χ3v) is 5.71. The molecule has 0 unspecified atom stereocenters. The van der Waals surface area contributed by atoms with Crippen LogP contribution < -0.4 is 0 Å². The Kier molecular flexibility index (Phi) is 6.03. The van der Waals surface area contributed by atoms with E-state index in [1.165, 1.54) is 23.1 Å². The predicted molar refractivity (Wildman–Crippen MR) is 107 cm³/mol. The number of aliphatic carboxylic acids is 1. The molecule has 0 aliphatic carbocycles. The van der Waals surface area contributed by atoms with Gasteiger partial charge in [-0.3, -0.25) is 9.59 Å². The van der Waals surface area contributed by atoms with Gasteiger partial charge < -0.3 is 15.1 Å². The number of carboxylic acid groups (broad SMARTS) is 1. The van der Waals surface area contributed by atoms with Crippen molar-refractivity contribution in [2.45, 2.75) is 38.7 Å². The molecule has 6 heteroatoms. The summed E-state index contributed by atoms with van der Waals surface area (Å²) in [6, 6.07) is 13.0. The van der Waals surface area contributed by atoms with Gasteiger partial charge in [0.05, 0.1) is 6.10 Å². The lowest BCUT2D eigenvalue weighted by Gasteiger charge is -2.43. The summed E-state index contributed by atoms with van der Waals surface area (Å²) in [6.45, 7) is 4.21. The fourth-order valence-electron chi connectivity index (χ4n) is 3.94. The van der Waals surface area contributed by atoms with Crippen molar-refractivity contribution < 1.29 is 24.2 Å². The van der Waals surface area contributed by atoms with Crippen molar-refractivity contribution in [1.29, 1.82) is 0 Å². The van der Waals surface area contributed by atoms with Gasteiger partial charge in [-0.2, -0.15) is 0 Å². The van der Waals surface area contributed by atoms with Gasteiger partial charge in [-0.25, -0.2) is 4.39 Å². The minimum absolute atomic E-state index is 0.0585. The van der Waals surface area contributed by atoms with E-state index in [0.717, 1.165) is 5.56 Å². The molecule has 1 amide bonds. The van der Waals surface area contributed by atoms with Crippen molar-refractivity contribution in [2.75, 3.05) is 13.1 Å². The third kappa shape index (κ3) is 4.32. The van der Waals surface area contributed by atoms with Crippen molar-refractivity contribution >= 4 is 11.9 Å². The van der Waals surface area contributed by atoms with E-state index >= 15 is 0 Å². The van der Waals surface area contributed by atoms with E-state index in [1.807, 2.05) is 32.0 Å². The number of hydrogen-bond donors (Lipinski definition) is 2. The average Bonchev–Trinajstić information content (AvgIpc) is 2.69. The van der Waals surface area contributed by atoms with Crippen molar-refractivity contribution in [3.05, 3.63) is 71.0 Å². The van der Waals surface area contributed by atoms with Gasteiger partial charge in [-0.05, 0) is 54.2 Å².